The summed E-state index contributed by atoms with van der Waals surface area (Å²) in [6, 6.07) is 13.0. The highest BCUT2D eigenvalue weighted by atomic mass is 35.5. The van der Waals surface area contributed by atoms with E-state index in [2.05, 4.69) is 43.3 Å². The molecule has 5 nitrogen and oxygen atoms in total. The van der Waals surface area contributed by atoms with Gasteiger partial charge in [0.15, 0.2) is 0 Å². The van der Waals surface area contributed by atoms with Crippen LogP contribution in [0.1, 0.15) is 52.4 Å². The second kappa shape index (κ2) is 8.05. The smallest absolute Gasteiger partial charge is 0.255 e. The number of nitrogens with two attached hydrogens (primary N) is 1. The molecule has 2 aromatic rings. The van der Waals surface area contributed by atoms with E-state index in [0.717, 1.165) is 12.1 Å². The Morgan fingerprint density at radius 3 is 2.50 bits per heavy atom. The summed E-state index contributed by atoms with van der Waals surface area (Å²) < 4.78 is 0. The predicted molar refractivity (Wildman–Crippen MR) is 119 cm³/mol. The van der Waals surface area contributed by atoms with Gasteiger partial charge in [0.05, 0.1) is 0 Å². The van der Waals surface area contributed by atoms with Crippen LogP contribution in [0.2, 0.25) is 5.02 Å². The third-order valence-electron chi connectivity index (χ3n) is 6.48. The Bertz CT molecular complexity index is 967. The Morgan fingerprint density at radius 1 is 1.20 bits per heavy atom. The van der Waals surface area contributed by atoms with Gasteiger partial charge >= 0.3 is 0 Å². The van der Waals surface area contributed by atoms with Gasteiger partial charge in [0.2, 0.25) is 5.91 Å². The number of carbonyl (C=O) groups is 2. The standard InChI is InChI=1S/C24H28ClN3O2/c1-27(2)14-12-24(10-11-24)17-5-3-16(4-6-17)9-13-28-21(22(26)29)19-8-7-18(25)15-20(19)23(28)30/h3-8,15,21H,9-14H2,1-2H3,(H2,26,29). The van der Waals surface area contributed by atoms with Gasteiger partial charge in [-0.2, -0.15) is 0 Å². The van der Waals surface area contributed by atoms with Crippen LogP contribution in [0.4, 0.5) is 0 Å². The van der Waals surface area contributed by atoms with Crippen LogP contribution in [-0.4, -0.2) is 48.8 Å². The number of nitrogens with zero attached hydrogens (tertiary/aromatic N) is 2. The third-order valence-corrected chi connectivity index (χ3v) is 6.72. The predicted octanol–water partition coefficient (Wildman–Crippen LogP) is 3.55. The lowest BCUT2D eigenvalue weighted by Crippen LogP contribution is -2.37. The molecule has 0 spiro atoms. The molecule has 0 radical (unpaired) electrons. The van der Waals surface area contributed by atoms with Gasteiger partial charge in [-0.05, 0) is 80.6 Å². The number of rotatable bonds is 8. The van der Waals surface area contributed by atoms with Crippen molar-refractivity contribution in [1.29, 1.82) is 0 Å². The maximum atomic E-state index is 12.9. The van der Waals surface area contributed by atoms with E-state index in [9.17, 15) is 9.59 Å². The zero-order valence-corrected chi connectivity index (χ0v) is 18.3. The maximum Gasteiger partial charge on any atom is 0.255 e. The normalized spacial score (nSPS) is 19.3. The Kier molecular flexibility index (Phi) is 5.60. The third kappa shape index (κ3) is 3.96. The zero-order valence-electron chi connectivity index (χ0n) is 17.5. The number of hydrogen-bond donors (Lipinski definition) is 1. The highest BCUT2D eigenvalue weighted by Gasteiger charge is 2.43. The first kappa shape index (κ1) is 20.9. The van der Waals surface area contributed by atoms with Gasteiger partial charge in [-0.25, -0.2) is 0 Å². The van der Waals surface area contributed by atoms with Crippen molar-refractivity contribution in [1.82, 2.24) is 9.80 Å². The highest BCUT2D eigenvalue weighted by molar-refractivity contribution is 6.31. The number of halogens is 1. The van der Waals surface area contributed by atoms with Gasteiger partial charge in [0.1, 0.15) is 6.04 Å². The van der Waals surface area contributed by atoms with Crippen molar-refractivity contribution in [2.45, 2.75) is 37.1 Å². The molecule has 0 saturated heterocycles. The van der Waals surface area contributed by atoms with E-state index in [4.69, 9.17) is 17.3 Å². The van der Waals surface area contributed by atoms with Crippen LogP contribution in [0.15, 0.2) is 42.5 Å². The molecule has 2 N–H and O–H groups in total. The number of primary amides is 1. The number of fused-ring (bicyclic) bond motifs is 1. The average Bonchev–Trinajstić information content (AvgIpc) is 3.45. The monoisotopic (exact) mass is 425 g/mol. The first-order valence-corrected chi connectivity index (χ1v) is 10.8. The minimum absolute atomic E-state index is 0.187. The van der Waals surface area contributed by atoms with Crippen molar-refractivity contribution in [2.24, 2.45) is 5.73 Å². The van der Waals surface area contributed by atoms with Crippen LogP contribution >= 0.6 is 11.6 Å². The molecule has 2 aromatic carbocycles. The van der Waals surface area contributed by atoms with E-state index in [-0.39, 0.29) is 5.91 Å². The Morgan fingerprint density at radius 2 is 1.90 bits per heavy atom. The molecule has 4 rings (SSSR count). The molecule has 1 aliphatic carbocycles. The first-order chi connectivity index (χ1) is 14.3. The molecular weight excluding hydrogens is 398 g/mol. The number of carbonyl (C=O) groups excluding carboxylic acids is 2. The van der Waals surface area contributed by atoms with Crippen molar-refractivity contribution in [2.75, 3.05) is 27.2 Å². The SMILES string of the molecule is CN(C)CCC1(c2ccc(CCN3C(=O)c4cc(Cl)ccc4C3C(N)=O)cc2)CC1. The molecule has 1 aliphatic heterocycles. The van der Waals surface area contributed by atoms with E-state index in [1.807, 2.05) is 0 Å². The molecule has 1 fully saturated rings. The van der Waals surface area contributed by atoms with Crippen LogP contribution in [-0.2, 0) is 16.6 Å². The first-order valence-electron chi connectivity index (χ1n) is 10.4. The second-order valence-electron chi connectivity index (χ2n) is 8.82. The van der Waals surface area contributed by atoms with Gasteiger partial charge < -0.3 is 15.5 Å². The van der Waals surface area contributed by atoms with Gasteiger partial charge in [0.25, 0.3) is 5.91 Å². The summed E-state index contributed by atoms with van der Waals surface area (Å²) in [5.74, 6) is -0.704. The van der Waals surface area contributed by atoms with Crippen LogP contribution in [0, 0.1) is 0 Å². The highest BCUT2D eigenvalue weighted by Crippen LogP contribution is 2.51. The summed E-state index contributed by atoms with van der Waals surface area (Å²) in [6.07, 6.45) is 4.36. The fourth-order valence-electron chi connectivity index (χ4n) is 4.48. The Labute approximate surface area is 182 Å². The molecule has 1 heterocycles. The van der Waals surface area contributed by atoms with E-state index in [1.54, 1.807) is 23.1 Å². The molecule has 30 heavy (non-hydrogen) atoms. The van der Waals surface area contributed by atoms with E-state index >= 15 is 0 Å². The van der Waals surface area contributed by atoms with Crippen molar-refractivity contribution < 1.29 is 9.59 Å². The summed E-state index contributed by atoms with van der Waals surface area (Å²) in [5, 5.41) is 0.478. The summed E-state index contributed by atoms with van der Waals surface area (Å²) in [4.78, 5) is 28.7. The van der Waals surface area contributed by atoms with Gasteiger partial charge in [0, 0.05) is 17.1 Å². The molecule has 158 valence electrons. The number of benzene rings is 2. The minimum Gasteiger partial charge on any atom is -0.368 e. The largest absolute Gasteiger partial charge is 0.368 e. The van der Waals surface area contributed by atoms with Gasteiger partial charge in [-0.3, -0.25) is 9.59 Å². The van der Waals surface area contributed by atoms with Crippen LogP contribution < -0.4 is 5.73 Å². The van der Waals surface area contributed by atoms with Gasteiger partial charge in [-0.1, -0.05) is 41.9 Å². The second-order valence-corrected chi connectivity index (χ2v) is 9.25. The van der Waals surface area contributed by atoms with Crippen molar-refractivity contribution in [3.63, 3.8) is 0 Å². The Hall–Kier alpha value is -2.37. The summed E-state index contributed by atoms with van der Waals surface area (Å²) >= 11 is 6.04. The molecule has 1 atom stereocenters. The lowest BCUT2D eigenvalue weighted by molar-refractivity contribution is -0.122. The topological polar surface area (TPSA) is 66.6 Å². The lowest BCUT2D eigenvalue weighted by atomic mass is 9.91. The van der Waals surface area contributed by atoms with E-state index < -0.39 is 11.9 Å². The zero-order chi connectivity index (χ0) is 21.5. The van der Waals surface area contributed by atoms with Crippen LogP contribution in [0.25, 0.3) is 0 Å². The van der Waals surface area contributed by atoms with E-state index in [0.29, 0.717) is 34.5 Å². The van der Waals surface area contributed by atoms with Crippen LogP contribution in [0.5, 0.6) is 0 Å². The molecule has 0 bridgehead atoms. The number of amides is 2. The molecule has 2 aliphatic rings. The fourth-order valence-corrected chi connectivity index (χ4v) is 4.65. The summed E-state index contributed by atoms with van der Waals surface area (Å²) in [7, 11) is 4.23. The lowest BCUT2D eigenvalue weighted by Gasteiger charge is -2.23. The fraction of sp³-hybridized carbons (Fsp3) is 0.417. The molecular formula is C24H28ClN3O2. The van der Waals surface area contributed by atoms with Crippen molar-refractivity contribution >= 4 is 23.4 Å². The molecule has 1 unspecified atom stereocenters. The molecule has 6 heteroatoms. The molecule has 1 saturated carbocycles. The quantitative estimate of drug-likeness (QED) is 0.703. The van der Waals surface area contributed by atoms with Crippen molar-refractivity contribution in [3.8, 4) is 0 Å². The molecule has 2 amide bonds. The van der Waals surface area contributed by atoms with E-state index in [1.165, 1.54) is 24.8 Å². The Balaban J connectivity index is 1.44. The average molecular weight is 426 g/mol. The molecule has 0 aromatic heterocycles. The number of hydrogen-bond acceptors (Lipinski definition) is 3. The maximum absolute atomic E-state index is 12.9. The van der Waals surface area contributed by atoms with Crippen LogP contribution in [0.3, 0.4) is 0 Å². The summed E-state index contributed by atoms with van der Waals surface area (Å²) in [6.45, 7) is 1.53. The van der Waals surface area contributed by atoms with Crippen molar-refractivity contribution in [3.05, 3.63) is 69.7 Å². The summed E-state index contributed by atoms with van der Waals surface area (Å²) in [5.41, 5.74) is 9.63. The van der Waals surface area contributed by atoms with Gasteiger partial charge in [-0.15, -0.1) is 0 Å². The minimum atomic E-state index is -0.732.